The molecule has 0 aromatic heterocycles. The van der Waals surface area contributed by atoms with Gasteiger partial charge in [-0.15, -0.1) is 0 Å². The van der Waals surface area contributed by atoms with Gasteiger partial charge >= 0.3 is 0 Å². The van der Waals surface area contributed by atoms with E-state index in [1.807, 2.05) is 0 Å². The van der Waals surface area contributed by atoms with Gasteiger partial charge in [0.2, 0.25) is 0 Å². The minimum Gasteiger partial charge on any atom is -0.383 e. The van der Waals surface area contributed by atoms with E-state index in [1.54, 1.807) is 14.2 Å². The van der Waals surface area contributed by atoms with Crippen LogP contribution in [0.15, 0.2) is 24.3 Å². The van der Waals surface area contributed by atoms with Crippen LogP contribution in [0.2, 0.25) is 0 Å². The Bertz CT molecular complexity index is 351. The van der Waals surface area contributed by atoms with Crippen molar-refractivity contribution >= 4 is 0 Å². The maximum absolute atomic E-state index is 5.41. The molecule has 0 radical (unpaired) electrons. The zero-order valence-corrected chi connectivity index (χ0v) is 13.3. The molecule has 2 unspecified atom stereocenters. The quantitative estimate of drug-likeness (QED) is 0.668. The zero-order valence-electron chi connectivity index (χ0n) is 13.3. The summed E-state index contributed by atoms with van der Waals surface area (Å²) in [5, 5.41) is 3.47. The molecule has 1 aromatic rings. The number of benzene rings is 1. The van der Waals surface area contributed by atoms with Gasteiger partial charge in [-0.3, -0.25) is 0 Å². The zero-order chi connectivity index (χ0) is 14.8. The third kappa shape index (κ3) is 7.04. The van der Waals surface area contributed by atoms with E-state index in [4.69, 9.17) is 9.47 Å². The van der Waals surface area contributed by atoms with Crippen LogP contribution in [0.3, 0.4) is 0 Å². The molecular weight excluding hydrogens is 250 g/mol. The number of aryl methyl sites for hydroxylation is 1. The lowest BCUT2D eigenvalue weighted by molar-refractivity contribution is 0.0941. The van der Waals surface area contributed by atoms with Gasteiger partial charge in [0.1, 0.15) is 0 Å². The van der Waals surface area contributed by atoms with Crippen LogP contribution in [0.1, 0.15) is 24.5 Å². The molecule has 0 aliphatic carbocycles. The van der Waals surface area contributed by atoms with E-state index in [0.717, 1.165) is 32.5 Å². The lowest BCUT2D eigenvalue weighted by Gasteiger charge is -2.21. The molecule has 0 amide bonds. The normalized spacial score (nSPS) is 14.2. The number of rotatable bonds is 10. The van der Waals surface area contributed by atoms with Crippen molar-refractivity contribution in [2.75, 3.05) is 33.9 Å². The standard InChI is InChI=1S/C17H29NO2/c1-14-5-7-16(8-6-14)12-17(11-15(2)20-4)13-18-9-10-19-3/h5-8,15,17-18H,9-13H2,1-4H3. The van der Waals surface area contributed by atoms with Crippen LogP contribution in [0.25, 0.3) is 0 Å². The molecule has 0 aliphatic rings. The van der Waals surface area contributed by atoms with Gasteiger partial charge in [-0.25, -0.2) is 0 Å². The molecule has 0 heterocycles. The monoisotopic (exact) mass is 279 g/mol. The van der Waals surface area contributed by atoms with Crippen LogP contribution in [0, 0.1) is 12.8 Å². The second-order valence-electron chi connectivity index (χ2n) is 5.53. The third-order valence-electron chi connectivity index (χ3n) is 3.63. The number of ether oxygens (including phenoxy) is 2. The lowest BCUT2D eigenvalue weighted by atomic mass is 9.93. The van der Waals surface area contributed by atoms with Gasteiger partial charge in [-0.1, -0.05) is 29.8 Å². The summed E-state index contributed by atoms with van der Waals surface area (Å²) in [4.78, 5) is 0. The predicted molar refractivity (Wildman–Crippen MR) is 84.2 cm³/mol. The smallest absolute Gasteiger partial charge is 0.0587 e. The summed E-state index contributed by atoms with van der Waals surface area (Å²) < 4.78 is 10.5. The summed E-state index contributed by atoms with van der Waals surface area (Å²) in [6.07, 6.45) is 2.47. The Balaban J connectivity index is 2.49. The van der Waals surface area contributed by atoms with E-state index in [2.05, 4.69) is 43.4 Å². The molecule has 0 bridgehead atoms. The summed E-state index contributed by atoms with van der Waals surface area (Å²) in [6, 6.07) is 8.83. The number of hydrogen-bond acceptors (Lipinski definition) is 3. The summed E-state index contributed by atoms with van der Waals surface area (Å²) >= 11 is 0. The van der Waals surface area contributed by atoms with E-state index in [0.29, 0.717) is 12.0 Å². The number of nitrogens with one attached hydrogen (secondary N) is 1. The van der Waals surface area contributed by atoms with Crippen molar-refractivity contribution in [1.29, 1.82) is 0 Å². The molecular formula is C17H29NO2. The highest BCUT2D eigenvalue weighted by Gasteiger charge is 2.13. The minimum absolute atomic E-state index is 0.301. The van der Waals surface area contributed by atoms with Crippen molar-refractivity contribution in [2.24, 2.45) is 5.92 Å². The largest absolute Gasteiger partial charge is 0.383 e. The van der Waals surface area contributed by atoms with E-state index < -0.39 is 0 Å². The van der Waals surface area contributed by atoms with Crippen molar-refractivity contribution in [3.05, 3.63) is 35.4 Å². The maximum atomic E-state index is 5.41. The fourth-order valence-corrected chi connectivity index (χ4v) is 2.34. The number of methoxy groups -OCH3 is 2. The van der Waals surface area contributed by atoms with Crippen LogP contribution in [-0.4, -0.2) is 40.0 Å². The molecule has 3 heteroatoms. The highest BCUT2D eigenvalue weighted by Crippen LogP contribution is 2.16. The van der Waals surface area contributed by atoms with Gasteiger partial charge in [0.15, 0.2) is 0 Å². The van der Waals surface area contributed by atoms with E-state index in [-0.39, 0.29) is 0 Å². The van der Waals surface area contributed by atoms with E-state index in [9.17, 15) is 0 Å². The van der Waals surface area contributed by atoms with Crippen LogP contribution < -0.4 is 5.32 Å². The summed E-state index contributed by atoms with van der Waals surface area (Å²) in [5.41, 5.74) is 2.71. The first-order chi connectivity index (χ1) is 9.65. The van der Waals surface area contributed by atoms with Crippen molar-refractivity contribution in [3.63, 3.8) is 0 Å². The first-order valence-corrected chi connectivity index (χ1v) is 7.43. The van der Waals surface area contributed by atoms with Crippen LogP contribution in [0.4, 0.5) is 0 Å². The first-order valence-electron chi connectivity index (χ1n) is 7.43. The van der Waals surface area contributed by atoms with Gasteiger partial charge < -0.3 is 14.8 Å². The van der Waals surface area contributed by atoms with E-state index >= 15 is 0 Å². The molecule has 0 saturated heterocycles. The molecule has 2 atom stereocenters. The van der Waals surface area contributed by atoms with Gasteiger partial charge in [-0.05, 0) is 44.7 Å². The molecule has 0 saturated carbocycles. The Hall–Kier alpha value is -0.900. The fraction of sp³-hybridized carbons (Fsp3) is 0.647. The molecule has 1 N–H and O–H groups in total. The SMILES string of the molecule is COCCNCC(Cc1ccc(C)cc1)CC(C)OC. The molecule has 0 aliphatic heterocycles. The van der Waals surface area contributed by atoms with Crippen LogP contribution >= 0.6 is 0 Å². The summed E-state index contributed by atoms with van der Waals surface area (Å²) in [5.74, 6) is 0.588. The molecule has 1 rings (SSSR count). The molecule has 0 spiro atoms. The van der Waals surface area contributed by atoms with Crippen LogP contribution in [0.5, 0.6) is 0 Å². The minimum atomic E-state index is 0.301. The van der Waals surface area contributed by atoms with Crippen LogP contribution in [-0.2, 0) is 15.9 Å². The molecule has 0 fully saturated rings. The Morgan fingerprint density at radius 2 is 1.85 bits per heavy atom. The number of hydrogen-bond donors (Lipinski definition) is 1. The van der Waals surface area contributed by atoms with Gasteiger partial charge in [0.05, 0.1) is 12.7 Å². The Morgan fingerprint density at radius 3 is 2.45 bits per heavy atom. The van der Waals surface area contributed by atoms with Crippen molar-refractivity contribution in [1.82, 2.24) is 5.32 Å². The lowest BCUT2D eigenvalue weighted by Crippen LogP contribution is -2.29. The van der Waals surface area contributed by atoms with Gasteiger partial charge in [0.25, 0.3) is 0 Å². The van der Waals surface area contributed by atoms with Crippen molar-refractivity contribution < 1.29 is 9.47 Å². The predicted octanol–water partition coefficient (Wildman–Crippen LogP) is 2.81. The second kappa shape index (κ2) is 9.92. The molecule has 1 aromatic carbocycles. The fourth-order valence-electron chi connectivity index (χ4n) is 2.34. The van der Waals surface area contributed by atoms with Crippen molar-refractivity contribution in [2.45, 2.75) is 32.8 Å². The third-order valence-corrected chi connectivity index (χ3v) is 3.63. The Kier molecular flexibility index (Phi) is 8.51. The molecule has 20 heavy (non-hydrogen) atoms. The van der Waals surface area contributed by atoms with Gasteiger partial charge in [0, 0.05) is 20.8 Å². The van der Waals surface area contributed by atoms with Gasteiger partial charge in [-0.2, -0.15) is 0 Å². The Morgan fingerprint density at radius 1 is 1.15 bits per heavy atom. The Labute approximate surface area is 123 Å². The maximum Gasteiger partial charge on any atom is 0.0587 e. The average Bonchev–Trinajstić information content (AvgIpc) is 2.45. The van der Waals surface area contributed by atoms with E-state index in [1.165, 1.54) is 11.1 Å². The highest BCUT2D eigenvalue weighted by atomic mass is 16.5. The summed E-state index contributed by atoms with van der Waals surface area (Å²) in [7, 11) is 3.52. The topological polar surface area (TPSA) is 30.5 Å². The summed E-state index contributed by atoms with van der Waals surface area (Å²) in [6.45, 7) is 6.93. The molecule has 114 valence electrons. The average molecular weight is 279 g/mol. The first kappa shape index (κ1) is 17.2. The molecule has 3 nitrogen and oxygen atoms in total. The second-order valence-corrected chi connectivity index (χ2v) is 5.53. The van der Waals surface area contributed by atoms with Crippen molar-refractivity contribution in [3.8, 4) is 0 Å². The highest BCUT2D eigenvalue weighted by molar-refractivity contribution is 5.21.